The number of aromatic nitrogens is 1. The Morgan fingerprint density at radius 3 is 2.78 bits per heavy atom. The van der Waals surface area contributed by atoms with Crippen LogP contribution in [0.3, 0.4) is 0 Å². The third-order valence-corrected chi connectivity index (χ3v) is 5.93. The van der Waals surface area contributed by atoms with E-state index < -0.39 is 0 Å². The number of halogens is 1. The second-order valence-corrected chi connectivity index (χ2v) is 7.28. The van der Waals surface area contributed by atoms with Crippen molar-refractivity contribution in [3.8, 4) is 0 Å². The average Bonchev–Trinajstić information content (AvgIpc) is 3.24. The van der Waals surface area contributed by atoms with E-state index in [4.69, 9.17) is 21.3 Å². The first-order chi connectivity index (χ1) is 11.3. The molecule has 1 N–H and O–H groups in total. The lowest BCUT2D eigenvalue weighted by atomic mass is 9.77. The fourth-order valence-electron chi connectivity index (χ4n) is 4.58. The van der Waals surface area contributed by atoms with E-state index in [1.54, 1.807) is 0 Å². The zero-order chi connectivity index (χ0) is 15.5. The Morgan fingerprint density at radius 2 is 1.91 bits per heavy atom. The molecule has 0 saturated carbocycles. The third kappa shape index (κ3) is 1.81. The van der Waals surface area contributed by atoms with E-state index in [2.05, 4.69) is 23.5 Å². The fraction of sp³-hybridized carbons (Fsp3) is 0.421. The fourth-order valence-corrected chi connectivity index (χ4v) is 4.78. The second-order valence-electron chi connectivity index (χ2n) is 6.84. The Balaban J connectivity index is 1.76. The van der Waals surface area contributed by atoms with Crippen LogP contribution in [-0.4, -0.2) is 23.7 Å². The highest BCUT2D eigenvalue weighted by atomic mass is 35.5. The predicted molar refractivity (Wildman–Crippen MR) is 89.8 cm³/mol. The second kappa shape index (κ2) is 4.79. The highest BCUT2D eigenvalue weighted by Crippen LogP contribution is 2.65. The zero-order valence-electron chi connectivity index (χ0n) is 12.9. The van der Waals surface area contributed by atoms with Gasteiger partial charge in [-0.2, -0.15) is 0 Å². The molecule has 1 aliphatic carbocycles. The highest BCUT2D eigenvalue weighted by molar-refractivity contribution is 6.30. The molecule has 0 unspecified atom stereocenters. The van der Waals surface area contributed by atoms with Gasteiger partial charge in [-0.05, 0) is 73.7 Å². The standard InChI is InChI=1S/C19H19ClN2O/c20-15-5-6-16-14(12-15)4-3-13-2-1-9-22-17(13)19(16)18(23-19)7-10-21-11-8-18/h1-2,5-6,9,12,21H,3-4,7-8,10-11H2/t19-/m0/s1. The number of fused-ring (bicyclic) bond motifs is 5. The summed E-state index contributed by atoms with van der Waals surface area (Å²) in [7, 11) is 0. The van der Waals surface area contributed by atoms with Crippen molar-refractivity contribution in [2.75, 3.05) is 13.1 Å². The molecule has 0 radical (unpaired) electrons. The van der Waals surface area contributed by atoms with Gasteiger partial charge < -0.3 is 10.1 Å². The SMILES string of the molecule is Clc1ccc2c(c1)CCc1cccnc1[C@@]21OC12CCNCC2. The van der Waals surface area contributed by atoms with Crippen LogP contribution in [0.4, 0.5) is 0 Å². The molecule has 2 aliphatic heterocycles. The summed E-state index contributed by atoms with van der Waals surface area (Å²) in [6, 6.07) is 10.5. The summed E-state index contributed by atoms with van der Waals surface area (Å²) in [5.41, 5.74) is 4.56. The van der Waals surface area contributed by atoms with Crippen LogP contribution in [0.1, 0.15) is 35.2 Å². The van der Waals surface area contributed by atoms with E-state index in [1.807, 2.05) is 18.3 Å². The van der Waals surface area contributed by atoms with Gasteiger partial charge in [0.1, 0.15) is 5.60 Å². The summed E-state index contributed by atoms with van der Waals surface area (Å²) in [4.78, 5) is 4.79. The predicted octanol–water partition coefficient (Wildman–Crippen LogP) is 3.23. The van der Waals surface area contributed by atoms with Crippen LogP contribution in [0.25, 0.3) is 0 Å². The monoisotopic (exact) mass is 326 g/mol. The largest absolute Gasteiger partial charge is 0.350 e. The molecule has 0 bridgehead atoms. The van der Waals surface area contributed by atoms with E-state index in [1.165, 1.54) is 16.7 Å². The third-order valence-electron chi connectivity index (χ3n) is 5.69. The molecule has 3 nitrogen and oxygen atoms in total. The van der Waals surface area contributed by atoms with Gasteiger partial charge in [-0.15, -0.1) is 0 Å². The Morgan fingerprint density at radius 1 is 1.09 bits per heavy atom. The van der Waals surface area contributed by atoms with Gasteiger partial charge in [-0.25, -0.2) is 0 Å². The highest BCUT2D eigenvalue weighted by Gasteiger charge is 2.73. The maximum Gasteiger partial charge on any atom is 0.165 e. The summed E-state index contributed by atoms with van der Waals surface area (Å²) < 4.78 is 6.60. The van der Waals surface area contributed by atoms with Gasteiger partial charge >= 0.3 is 0 Å². The molecule has 4 heteroatoms. The lowest BCUT2D eigenvalue weighted by Gasteiger charge is -2.25. The van der Waals surface area contributed by atoms with Crippen LogP contribution < -0.4 is 5.32 Å². The van der Waals surface area contributed by atoms with Crippen LogP contribution >= 0.6 is 11.6 Å². The maximum atomic E-state index is 6.60. The van der Waals surface area contributed by atoms with Crippen LogP contribution in [0.2, 0.25) is 5.02 Å². The van der Waals surface area contributed by atoms with Crippen molar-refractivity contribution in [1.82, 2.24) is 10.3 Å². The van der Waals surface area contributed by atoms with Crippen molar-refractivity contribution in [1.29, 1.82) is 0 Å². The van der Waals surface area contributed by atoms with Crippen molar-refractivity contribution in [3.63, 3.8) is 0 Å². The lowest BCUT2D eigenvalue weighted by Crippen LogP contribution is -2.38. The molecule has 1 aromatic heterocycles. The number of benzene rings is 1. The molecule has 0 amide bonds. The minimum atomic E-state index is -0.373. The van der Waals surface area contributed by atoms with Crippen LogP contribution in [0, 0.1) is 0 Å². The molecule has 2 aromatic rings. The molecule has 2 saturated heterocycles. The summed E-state index contributed by atoms with van der Waals surface area (Å²) >= 11 is 6.27. The maximum absolute atomic E-state index is 6.60. The van der Waals surface area contributed by atoms with E-state index in [0.717, 1.165) is 49.5 Å². The summed E-state index contributed by atoms with van der Waals surface area (Å²) in [5, 5.41) is 4.26. The summed E-state index contributed by atoms with van der Waals surface area (Å²) in [6.45, 7) is 2.01. The Bertz CT molecular complexity index is 785. The van der Waals surface area contributed by atoms with Crippen molar-refractivity contribution >= 4 is 11.6 Å². The molecular formula is C19H19ClN2O. The Hall–Kier alpha value is -1.42. The normalized spacial score (nSPS) is 27.3. The Labute approximate surface area is 141 Å². The first-order valence-corrected chi connectivity index (χ1v) is 8.77. The summed E-state index contributed by atoms with van der Waals surface area (Å²) in [5.74, 6) is 0. The minimum Gasteiger partial charge on any atom is -0.350 e. The number of nitrogens with one attached hydrogen (secondary N) is 1. The van der Waals surface area contributed by atoms with E-state index in [-0.39, 0.29) is 11.2 Å². The van der Waals surface area contributed by atoms with Crippen molar-refractivity contribution in [3.05, 3.63) is 63.9 Å². The number of pyridine rings is 1. The molecule has 5 rings (SSSR count). The lowest BCUT2D eigenvalue weighted by molar-refractivity contribution is 0.235. The van der Waals surface area contributed by atoms with Crippen molar-refractivity contribution in [2.45, 2.75) is 36.9 Å². The number of hydrogen-bond acceptors (Lipinski definition) is 3. The molecule has 2 fully saturated rings. The zero-order valence-corrected chi connectivity index (χ0v) is 13.7. The Kier molecular flexibility index (Phi) is 2.91. The number of epoxide rings is 1. The van der Waals surface area contributed by atoms with Gasteiger partial charge in [-0.1, -0.05) is 23.7 Å². The minimum absolute atomic E-state index is 0.103. The quantitative estimate of drug-likeness (QED) is 0.755. The van der Waals surface area contributed by atoms with Crippen LogP contribution in [0.5, 0.6) is 0 Å². The van der Waals surface area contributed by atoms with Gasteiger partial charge in [0.05, 0.1) is 5.69 Å². The first-order valence-electron chi connectivity index (χ1n) is 8.39. The van der Waals surface area contributed by atoms with Crippen molar-refractivity contribution < 1.29 is 4.74 Å². The molecule has 1 aromatic carbocycles. The number of rotatable bonds is 0. The van der Waals surface area contributed by atoms with E-state index >= 15 is 0 Å². The van der Waals surface area contributed by atoms with Gasteiger partial charge in [0.25, 0.3) is 0 Å². The smallest absolute Gasteiger partial charge is 0.165 e. The van der Waals surface area contributed by atoms with Gasteiger partial charge in [0.2, 0.25) is 0 Å². The van der Waals surface area contributed by atoms with Gasteiger partial charge in [0, 0.05) is 11.2 Å². The number of ether oxygens (including phenoxy) is 1. The van der Waals surface area contributed by atoms with E-state index in [9.17, 15) is 0 Å². The number of piperidine rings is 1. The molecule has 1 atom stereocenters. The van der Waals surface area contributed by atoms with Gasteiger partial charge in [0.15, 0.2) is 5.60 Å². The summed E-state index contributed by atoms with van der Waals surface area (Å²) in [6.07, 6.45) is 5.96. The van der Waals surface area contributed by atoms with Gasteiger partial charge in [-0.3, -0.25) is 4.98 Å². The molecule has 3 heterocycles. The molecule has 23 heavy (non-hydrogen) atoms. The first kappa shape index (κ1) is 14.0. The number of hydrogen-bond donors (Lipinski definition) is 1. The topological polar surface area (TPSA) is 37.5 Å². The molecule has 3 aliphatic rings. The molecule has 2 spiro atoms. The number of aryl methyl sites for hydroxylation is 2. The van der Waals surface area contributed by atoms with E-state index in [0.29, 0.717) is 0 Å². The molecule has 118 valence electrons. The van der Waals surface area contributed by atoms with Crippen LogP contribution in [0.15, 0.2) is 36.5 Å². The van der Waals surface area contributed by atoms with Crippen LogP contribution in [-0.2, 0) is 23.2 Å². The number of nitrogens with zero attached hydrogens (tertiary/aromatic N) is 1. The molecular weight excluding hydrogens is 308 g/mol. The van der Waals surface area contributed by atoms with Crippen molar-refractivity contribution in [2.24, 2.45) is 0 Å². The average molecular weight is 327 g/mol.